The van der Waals surface area contributed by atoms with Gasteiger partial charge in [-0.15, -0.1) is 0 Å². The van der Waals surface area contributed by atoms with Gasteiger partial charge in [-0.2, -0.15) is 0 Å². The van der Waals surface area contributed by atoms with Crippen LogP contribution in [0.4, 0.5) is 10.1 Å². The molecule has 0 fully saturated rings. The van der Waals surface area contributed by atoms with E-state index >= 15 is 0 Å². The van der Waals surface area contributed by atoms with Gasteiger partial charge in [0, 0.05) is 24.8 Å². The zero-order valence-electron chi connectivity index (χ0n) is 11.6. The Morgan fingerprint density at radius 1 is 1.25 bits per heavy atom. The quantitative estimate of drug-likeness (QED) is 0.886. The molecule has 0 aromatic heterocycles. The van der Waals surface area contributed by atoms with E-state index < -0.39 is 0 Å². The minimum atomic E-state index is -0.182. The standard InChI is InChI=1S/C17H19FN2/c1-12(14-5-3-7-16(18)10-14)20-11-15-6-2-4-13-8-9-19-17(13)15/h2-7,10,12,19-20H,8-9,11H2,1H3. The normalized spacial score (nSPS) is 14.7. The molecule has 3 rings (SSSR count). The topological polar surface area (TPSA) is 24.1 Å². The molecule has 2 N–H and O–H groups in total. The summed E-state index contributed by atoms with van der Waals surface area (Å²) < 4.78 is 13.2. The Kier molecular flexibility index (Phi) is 3.70. The van der Waals surface area contributed by atoms with Gasteiger partial charge in [0.2, 0.25) is 0 Å². The van der Waals surface area contributed by atoms with E-state index in [-0.39, 0.29) is 11.9 Å². The highest BCUT2D eigenvalue weighted by Crippen LogP contribution is 2.26. The summed E-state index contributed by atoms with van der Waals surface area (Å²) in [7, 11) is 0. The molecule has 0 bridgehead atoms. The molecule has 2 aromatic rings. The Hall–Kier alpha value is -1.87. The van der Waals surface area contributed by atoms with Crippen LogP contribution in [0.5, 0.6) is 0 Å². The highest BCUT2D eigenvalue weighted by atomic mass is 19.1. The van der Waals surface area contributed by atoms with E-state index in [0.29, 0.717) is 0 Å². The smallest absolute Gasteiger partial charge is 0.123 e. The summed E-state index contributed by atoms with van der Waals surface area (Å²) in [5.41, 5.74) is 4.92. The molecule has 104 valence electrons. The lowest BCUT2D eigenvalue weighted by Crippen LogP contribution is -2.18. The Morgan fingerprint density at radius 2 is 2.10 bits per heavy atom. The molecule has 0 saturated carbocycles. The molecular formula is C17H19FN2. The highest BCUT2D eigenvalue weighted by Gasteiger charge is 2.14. The monoisotopic (exact) mass is 270 g/mol. The van der Waals surface area contributed by atoms with E-state index in [1.165, 1.54) is 22.9 Å². The molecule has 0 amide bonds. The van der Waals surface area contributed by atoms with Gasteiger partial charge >= 0.3 is 0 Å². The summed E-state index contributed by atoms with van der Waals surface area (Å²) in [4.78, 5) is 0. The van der Waals surface area contributed by atoms with Crippen molar-refractivity contribution in [3.63, 3.8) is 0 Å². The molecule has 20 heavy (non-hydrogen) atoms. The average Bonchev–Trinajstić information content (AvgIpc) is 2.93. The number of para-hydroxylation sites is 1. The molecule has 0 saturated heterocycles. The van der Waals surface area contributed by atoms with Gasteiger partial charge < -0.3 is 10.6 Å². The number of fused-ring (bicyclic) bond motifs is 1. The van der Waals surface area contributed by atoms with Crippen LogP contribution in [0, 0.1) is 5.82 Å². The van der Waals surface area contributed by atoms with E-state index in [2.05, 4.69) is 35.8 Å². The van der Waals surface area contributed by atoms with Crippen LogP contribution in [-0.2, 0) is 13.0 Å². The summed E-state index contributed by atoms with van der Waals surface area (Å²) in [5, 5.41) is 6.91. The lowest BCUT2D eigenvalue weighted by atomic mass is 10.1. The van der Waals surface area contributed by atoms with Crippen LogP contribution >= 0.6 is 0 Å². The van der Waals surface area contributed by atoms with Gasteiger partial charge in [0.1, 0.15) is 5.82 Å². The summed E-state index contributed by atoms with van der Waals surface area (Å²) in [6, 6.07) is 13.3. The van der Waals surface area contributed by atoms with Crippen LogP contribution < -0.4 is 10.6 Å². The van der Waals surface area contributed by atoms with Gasteiger partial charge in [0.15, 0.2) is 0 Å². The zero-order chi connectivity index (χ0) is 13.9. The average molecular weight is 270 g/mol. The Balaban J connectivity index is 1.69. The van der Waals surface area contributed by atoms with Crippen molar-refractivity contribution < 1.29 is 4.39 Å². The van der Waals surface area contributed by atoms with Crippen LogP contribution in [0.15, 0.2) is 42.5 Å². The van der Waals surface area contributed by atoms with Gasteiger partial charge in [-0.05, 0) is 42.2 Å². The molecule has 1 heterocycles. The third-order valence-corrected chi connectivity index (χ3v) is 3.88. The second-order valence-corrected chi connectivity index (χ2v) is 5.29. The molecule has 3 heteroatoms. The predicted molar refractivity (Wildman–Crippen MR) is 80.3 cm³/mol. The van der Waals surface area contributed by atoms with Crippen molar-refractivity contribution in [2.45, 2.75) is 25.9 Å². The number of benzene rings is 2. The van der Waals surface area contributed by atoms with Crippen molar-refractivity contribution in [2.24, 2.45) is 0 Å². The molecule has 2 nitrogen and oxygen atoms in total. The first-order valence-corrected chi connectivity index (χ1v) is 7.07. The summed E-state index contributed by atoms with van der Waals surface area (Å²) in [6.07, 6.45) is 1.10. The summed E-state index contributed by atoms with van der Waals surface area (Å²) in [6.45, 7) is 3.87. The van der Waals surface area contributed by atoms with Crippen LogP contribution in [0.1, 0.15) is 29.7 Å². The van der Waals surface area contributed by atoms with Crippen molar-refractivity contribution in [2.75, 3.05) is 11.9 Å². The Morgan fingerprint density at radius 3 is 2.95 bits per heavy atom. The maximum atomic E-state index is 13.2. The van der Waals surface area contributed by atoms with E-state index in [0.717, 1.165) is 25.1 Å². The maximum absolute atomic E-state index is 13.2. The molecule has 1 atom stereocenters. The molecule has 1 aliphatic heterocycles. The molecular weight excluding hydrogens is 251 g/mol. The fourth-order valence-corrected chi connectivity index (χ4v) is 2.72. The number of rotatable bonds is 4. The molecule has 0 radical (unpaired) electrons. The van der Waals surface area contributed by atoms with Crippen LogP contribution in [0.3, 0.4) is 0 Å². The van der Waals surface area contributed by atoms with Crippen LogP contribution in [0.2, 0.25) is 0 Å². The number of halogens is 1. The molecule has 1 aliphatic rings. The SMILES string of the molecule is CC(NCc1cccc2c1NCC2)c1cccc(F)c1. The maximum Gasteiger partial charge on any atom is 0.123 e. The third kappa shape index (κ3) is 2.68. The second kappa shape index (κ2) is 5.63. The van der Waals surface area contributed by atoms with Gasteiger partial charge in [-0.1, -0.05) is 30.3 Å². The van der Waals surface area contributed by atoms with Crippen LogP contribution in [-0.4, -0.2) is 6.54 Å². The van der Waals surface area contributed by atoms with E-state index in [1.54, 1.807) is 12.1 Å². The predicted octanol–water partition coefficient (Wildman–Crippen LogP) is 3.64. The van der Waals surface area contributed by atoms with Crippen molar-refractivity contribution in [3.05, 3.63) is 65.0 Å². The van der Waals surface area contributed by atoms with Crippen molar-refractivity contribution in [1.82, 2.24) is 5.32 Å². The molecule has 0 aliphatic carbocycles. The first kappa shape index (κ1) is 13.1. The van der Waals surface area contributed by atoms with E-state index in [1.807, 2.05) is 6.07 Å². The lowest BCUT2D eigenvalue weighted by molar-refractivity contribution is 0.565. The minimum Gasteiger partial charge on any atom is -0.384 e. The second-order valence-electron chi connectivity index (χ2n) is 5.29. The van der Waals surface area contributed by atoms with Gasteiger partial charge in [0.05, 0.1) is 0 Å². The van der Waals surface area contributed by atoms with Gasteiger partial charge in [-0.25, -0.2) is 4.39 Å². The third-order valence-electron chi connectivity index (χ3n) is 3.88. The van der Waals surface area contributed by atoms with Crippen LogP contribution in [0.25, 0.3) is 0 Å². The fourth-order valence-electron chi connectivity index (χ4n) is 2.72. The molecule has 0 spiro atoms. The minimum absolute atomic E-state index is 0.128. The molecule has 1 unspecified atom stereocenters. The van der Waals surface area contributed by atoms with Crippen molar-refractivity contribution >= 4 is 5.69 Å². The van der Waals surface area contributed by atoms with Gasteiger partial charge in [0.25, 0.3) is 0 Å². The number of anilines is 1. The Bertz CT molecular complexity index is 610. The lowest BCUT2D eigenvalue weighted by Gasteiger charge is -2.16. The number of nitrogens with one attached hydrogen (secondary N) is 2. The van der Waals surface area contributed by atoms with Crippen molar-refractivity contribution in [3.8, 4) is 0 Å². The first-order chi connectivity index (χ1) is 9.74. The fraction of sp³-hybridized carbons (Fsp3) is 0.294. The van der Waals surface area contributed by atoms with Crippen molar-refractivity contribution in [1.29, 1.82) is 0 Å². The van der Waals surface area contributed by atoms with Gasteiger partial charge in [-0.3, -0.25) is 0 Å². The Labute approximate surface area is 119 Å². The van der Waals surface area contributed by atoms with E-state index in [9.17, 15) is 4.39 Å². The summed E-state index contributed by atoms with van der Waals surface area (Å²) in [5.74, 6) is -0.182. The largest absolute Gasteiger partial charge is 0.384 e. The molecule has 2 aromatic carbocycles. The summed E-state index contributed by atoms with van der Waals surface area (Å²) >= 11 is 0. The number of hydrogen-bond donors (Lipinski definition) is 2. The zero-order valence-corrected chi connectivity index (χ0v) is 11.6. The first-order valence-electron chi connectivity index (χ1n) is 7.07. The number of hydrogen-bond acceptors (Lipinski definition) is 2. The van der Waals surface area contributed by atoms with E-state index in [4.69, 9.17) is 0 Å². The highest BCUT2D eigenvalue weighted by molar-refractivity contribution is 5.61.